The van der Waals surface area contributed by atoms with Crippen LogP contribution >= 0.6 is 23.2 Å². The van der Waals surface area contributed by atoms with Crippen molar-refractivity contribution in [3.05, 3.63) is 57.6 Å². The summed E-state index contributed by atoms with van der Waals surface area (Å²) in [5.41, 5.74) is 2.01. The van der Waals surface area contributed by atoms with Crippen LogP contribution in [0.5, 0.6) is 11.5 Å². The average molecular weight is 427 g/mol. The molecule has 0 radical (unpaired) electrons. The lowest BCUT2D eigenvalue weighted by molar-refractivity contribution is 0.191. The van der Waals surface area contributed by atoms with Crippen molar-refractivity contribution in [1.82, 2.24) is 10.6 Å². The molecule has 0 heterocycles. The highest BCUT2D eigenvalue weighted by atomic mass is 35.5. The Balaban J connectivity index is 1.95. The Morgan fingerprint density at radius 3 is 2.39 bits per heavy atom. The average Bonchev–Trinajstić information content (AvgIpc) is 2.65. The third-order valence-corrected chi connectivity index (χ3v) is 4.45. The molecule has 2 aromatic carbocycles. The molecule has 5 nitrogen and oxygen atoms in total. The predicted molar refractivity (Wildman–Crippen MR) is 115 cm³/mol. The van der Waals surface area contributed by atoms with Crippen LogP contribution in [0.15, 0.2) is 36.4 Å². The second-order valence-corrected chi connectivity index (χ2v) is 7.33. The Bertz CT molecular complexity index is 724. The van der Waals surface area contributed by atoms with Crippen LogP contribution in [0, 0.1) is 0 Å². The number of rotatable bonds is 12. The molecule has 2 aromatic rings. The fourth-order valence-electron chi connectivity index (χ4n) is 2.58. The molecule has 0 aliphatic carbocycles. The van der Waals surface area contributed by atoms with Gasteiger partial charge in [-0.2, -0.15) is 0 Å². The molecule has 3 N–H and O–H groups in total. The largest absolute Gasteiger partial charge is 0.490 e. The smallest absolute Gasteiger partial charge is 0.180 e. The molecule has 0 amide bonds. The van der Waals surface area contributed by atoms with Crippen molar-refractivity contribution in [2.75, 3.05) is 26.2 Å². The van der Waals surface area contributed by atoms with Crippen LogP contribution in [0.4, 0.5) is 0 Å². The van der Waals surface area contributed by atoms with Crippen LogP contribution in [0.2, 0.25) is 10.0 Å². The highest BCUT2D eigenvalue weighted by Gasteiger charge is 2.13. The van der Waals surface area contributed by atoms with E-state index >= 15 is 0 Å². The minimum atomic E-state index is -0.340. The number of hydrogen-bond acceptors (Lipinski definition) is 5. The van der Waals surface area contributed by atoms with Gasteiger partial charge in [0.2, 0.25) is 0 Å². The maximum Gasteiger partial charge on any atom is 0.180 e. The molecule has 0 aliphatic rings. The molecule has 7 heteroatoms. The zero-order valence-corrected chi connectivity index (χ0v) is 17.8. The van der Waals surface area contributed by atoms with Crippen molar-refractivity contribution >= 4 is 23.2 Å². The summed E-state index contributed by atoms with van der Waals surface area (Å²) in [6.07, 6.45) is -0.340. The van der Waals surface area contributed by atoms with Crippen LogP contribution in [0.25, 0.3) is 0 Å². The third-order valence-electron chi connectivity index (χ3n) is 3.91. The Hall–Kier alpha value is -1.50. The van der Waals surface area contributed by atoms with E-state index in [2.05, 4.69) is 10.6 Å². The number of halogens is 2. The van der Waals surface area contributed by atoms with Crippen molar-refractivity contribution in [3.8, 4) is 11.5 Å². The van der Waals surface area contributed by atoms with Gasteiger partial charge in [0, 0.05) is 31.2 Å². The molecule has 0 aliphatic heterocycles. The second-order valence-electron chi connectivity index (χ2n) is 6.48. The Morgan fingerprint density at radius 1 is 1.00 bits per heavy atom. The van der Waals surface area contributed by atoms with Crippen LogP contribution in [-0.4, -0.2) is 37.5 Å². The lowest BCUT2D eigenvalue weighted by Crippen LogP contribution is -2.31. The van der Waals surface area contributed by atoms with Crippen molar-refractivity contribution in [1.29, 1.82) is 0 Å². The number of ether oxygens (including phenoxy) is 2. The summed E-state index contributed by atoms with van der Waals surface area (Å²) in [7, 11) is 0. The SMILES string of the molecule is CCOc1cc(CNCCNC[C@H](C)O)cc(Cl)c1OCc1ccc(Cl)cc1. The van der Waals surface area contributed by atoms with Crippen molar-refractivity contribution in [2.24, 2.45) is 0 Å². The van der Waals surface area contributed by atoms with Gasteiger partial charge < -0.3 is 25.2 Å². The summed E-state index contributed by atoms with van der Waals surface area (Å²) in [5, 5.41) is 16.9. The van der Waals surface area contributed by atoms with E-state index in [9.17, 15) is 5.11 Å². The van der Waals surface area contributed by atoms with E-state index in [0.717, 1.165) is 24.2 Å². The molecule has 2 rings (SSSR count). The second kappa shape index (κ2) is 12.1. The van der Waals surface area contributed by atoms with Crippen molar-refractivity contribution < 1.29 is 14.6 Å². The number of aliphatic hydroxyl groups excluding tert-OH is 1. The molecule has 1 atom stereocenters. The Kier molecular flexibility index (Phi) is 9.88. The number of nitrogens with one attached hydrogen (secondary N) is 2. The summed E-state index contributed by atoms with van der Waals surface area (Å²) in [4.78, 5) is 0. The molecule has 154 valence electrons. The molecular weight excluding hydrogens is 399 g/mol. The number of hydrogen-bond donors (Lipinski definition) is 3. The van der Waals surface area contributed by atoms with Crippen LogP contribution in [0.3, 0.4) is 0 Å². The van der Waals surface area contributed by atoms with E-state index in [-0.39, 0.29) is 6.10 Å². The van der Waals surface area contributed by atoms with Gasteiger partial charge >= 0.3 is 0 Å². The fourth-order valence-corrected chi connectivity index (χ4v) is 3.00. The summed E-state index contributed by atoms with van der Waals surface area (Å²) in [5.74, 6) is 1.17. The molecule has 0 saturated carbocycles. The van der Waals surface area contributed by atoms with Gasteiger partial charge in [0.25, 0.3) is 0 Å². The quantitative estimate of drug-likeness (QED) is 0.447. The lowest BCUT2D eigenvalue weighted by Gasteiger charge is -2.16. The van der Waals surface area contributed by atoms with Gasteiger partial charge in [0.15, 0.2) is 11.5 Å². The number of aliphatic hydroxyl groups is 1. The van der Waals surface area contributed by atoms with E-state index in [1.165, 1.54) is 0 Å². The third kappa shape index (κ3) is 7.86. The maximum absolute atomic E-state index is 9.22. The summed E-state index contributed by atoms with van der Waals surface area (Å²) in [6, 6.07) is 11.3. The van der Waals surface area contributed by atoms with Gasteiger partial charge in [-0.25, -0.2) is 0 Å². The molecule has 0 fully saturated rings. The highest BCUT2D eigenvalue weighted by molar-refractivity contribution is 6.32. The van der Waals surface area contributed by atoms with Crippen molar-refractivity contribution in [2.45, 2.75) is 33.1 Å². The zero-order valence-electron chi connectivity index (χ0n) is 16.3. The van der Waals surface area contributed by atoms with Gasteiger partial charge in [-0.3, -0.25) is 0 Å². The van der Waals surface area contributed by atoms with E-state index in [1.807, 2.05) is 43.3 Å². The van der Waals surface area contributed by atoms with Gasteiger partial charge in [0.1, 0.15) is 6.61 Å². The van der Waals surface area contributed by atoms with Crippen molar-refractivity contribution in [3.63, 3.8) is 0 Å². The van der Waals surface area contributed by atoms with E-state index in [0.29, 0.717) is 47.8 Å². The van der Waals surface area contributed by atoms with Gasteiger partial charge in [-0.15, -0.1) is 0 Å². The van der Waals surface area contributed by atoms with Gasteiger partial charge in [-0.05, 0) is 49.2 Å². The maximum atomic E-state index is 9.22. The number of benzene rings is 2. The van der Waals surface area contributed by atoms with Crippen LogP contribution in [0.1, 0.15) is 25.0 Å². The lowest BCUT2D eigenvalue weighted by atomic mass is 10.2. The molecule has 0 unspecified atom stereocenters. The summed E-state index contributed by atoms with van der Waals surface area (Å²) < 4.78 is 11.7. The standard InChI is InChI=1S/C21H28Cl2N2O3/c1-3-27-20-11-17(13-25-9-8-24-12-15(2)26)10-19(23)21(20)28-14-16-4-6-18(22)7-5-16/h4-7,10-11,15,24-26H,3,8-9,12-14H2,1-2H3/t15-/m0/s1. The van der Waals surface area contributed by atoms with E-state index in [4.69, 9.17) is 32.7 Å². The van der Waals surface area contributed by atoms with Crippen LogP contribution < -0.4 is 20.1 Å². The monoisotopic (exact) mass is 426 g/mol. The molecule has 0 spiro atoms. The minimum Gasteiger partial charge on any atom is -0.490 e. The molecule has 0 aromatic heterocycles. The van der Waals surface area contributed by atoms with Gasteiger partial charge in [-0.1, -0.05) is 35.3 Å². The highest BCUT2D eigenvalue weighted by Crippen LogP contribution is 2.37. The summed E-state index contributed by atoms with van der Waals surface area (Å²) in [6.45, 7) is 7.39. The Labute approximate surface area is 177 Å². The summed E-state index contributed by atoms with van der Waals surface area (Å²) >= 11 is 12.4. The first-order valence-electron chi connectivity index (χ1n) is 9.41. The molecule has 28 heavy (non-hydrogen) atoms. The molecule has 0 saturated heterocycles. The van der Waals surface area contributed by atoms with E-state index in [1.54, 1.807) is 6.92 Å². The topological polar surface area (TPSA) is 62.8 Å². The minimum absolute atomic E-state index is 0.340. The normalized spacial score (nSPS) is 12.0. The van der Waals surface area contributed by atoms with Crippen LogP contribution in [-0.2, 0) is 13.2 Å². The fraction of sp³-hybridized carbons (Fsp3) is 0.429. The molecule has 0 bridgehead atoms. The Morgan fingerprint density at radius 2 is 1.71 bits per heavy atom. The van der Waals surface area contributed by atoms with Gasteiger partial charge in [0.05, 0.1) is 17.7 Å². The van der Waals surface area contributed by atoms with E-state index < -0.39 is 0 Å². The molecular formula is C21H28Cl2N2O3. The first-order chi connectivity index (χ1) is 13.5. The first kappa shape index (κ1) is 22.8. The predicted octanol–water partition coefficient (Wildman–Crippen LogP) is 4.03. The zero-order chi connectivity index (χ0) is 20.4. The first-order valence-corrected chi connectivity index (χ1v) is 10.2.